The summed E-state index contributed by atoms with van der Waals surface area (Å²) < 4.78 is 27.1. The molecule has 2 rings (SSSR count). The van der Waals surface area contributed by atoms with Gasteiger partial charge < -0.3 is 5.32 Å². The van der Waals surface area contributed by atoms with Gasteiger partial charge in [-0.3, -0.25) is 10.1 Å². The van der Waals surface area contributed by atoms with Crippen LogP contribution in [0.25, 0.3) is 6.08 Å². The van der Waals surface area contributed by atoms with Crippen molar-refractivity contribution in [3.8, 4) is 0 Å². The summed E-state index contributed by atoms with van der Waals surface area (Å²) >= 11 is 11.2. The molecular weight excluding hydrogens is 454 g/mol. The normalized spacial score (nSPS) is 11.6. The van der Waals surface area contributed by atoms with Crippen molar-refractivity contribution in [2.24, 2.45) is 0 Å². The highest BCUT2D eigenvalue weighted by Crippen LogP contribution is 2.19. The number of carbonyl (C=O) groups is 1. The third kappa shape index (κ3) is 7.43. The van der Waals surface area contributed by atoms with Crippen molar-refractivity contribution in [1.29, 1.82) is 0 Å². The maximum absolute atomic E-state index is 12.8. The highest BCUT2D eigenvalue weighted by molar-refractivity contribution is 7.89. The van der Waals surface area contributed by atoms with Crippen LogP contribution in [0.1, 0.15) is 32.3 Å². The van der Waals surface area contributed by atoms with Crippen molar-refractivity contribution < 1.29 is 13.2 Å². The molecule has 0 atom stereocenters. The van der Waals surface area contributed by atoms with Crippen molar-refractivity contribution in [2.45, 2.75) is 31.6 Å². The number of hydrogen-bond donors (Lipinski definition) is 2. The van der Waals surface area contributed by atoms with E-state index in [4.69, 9.17) is 23.8 Å². The predicted molar refractivity (Wildman–Crippen MR) is 131 cm³/mol. The zero-order chi connectivity index (χ0) is 22.9. The van der Waals surface area contributed by atoms with Gasteiger partial charge in [0.25, 0.3) is 0 Å². The molecule has 0 spiro atoms. The van der Waals surface area contributed by atoms with Crippen molar-refractivity contribution >= 4 is 56.6 Å². The van der Waals surface area contributed by atoms with Crippen LogP contribution in [-0.4, -0.2) is 36.8 Å². The number of halogens is 1. The number of carbonyl (C=O) groups excluding carboxylic acids is 1. The lowest BCUT2D eigenvalue weighted by Crippen LogP contribution is -2.33. The standard InChI is InChI=1S/C22H26ClN3O3S2/c1-3-15-26(16-4-2)31(28,29)19-12-10-18(11-13-19)24-22(30)25-21(27)14-9-17-7-5-6-8-20(17)23/h5-14H,3-4,15-16H2,1-2H3,(H2,24,25,27,30). The Morgan fingerprint density at radius 1 is 1.06 bits per heavy atom. The molecule has 0 fully saturated rings. The van der Waals surface area contributed by atoms with E-state index in [1.54, 1.807) is 36.4 Å². The fourth-order valence-corrected chi connectivity index (χ4v) is 4.84. The predicted octanol–water partition coefficient (Wildman–Crippen LogP) is 4.68. The number of benzene rings is 2. The summed E-state index contributed by atoms with van der Waals surface area (Å²) in [6.45, 7) is 4.86. The zero-order valence-electron chi connectivity index (χ0n) is 17.5. The monoisotopic (exact) mass is 479 g/mol. The van der Waals surface area contributed by atoms with Gasteiger partial charge in [-0.25, -0.2) is 8.42 Å². The van der Waals surface area contributed by atoms with Gasteiger partial charge >= 0.3 is 0 Å². The molecule has 9 heteroatoms. The second-order valence-corrected chi connectivity index (χ2v) is 9.48. The first-order valence-electron chi connectivity index (χ1n) is 9.92. The number of nitrogens with zero attached hydrogens (tertiary/aromatic N) is 1. The summed E-state index contributed by atoms with van der Waals surface area (Å²) in [5.41, 5.74) is 1.28. The lowest BCUT2D eigenvalue weighted by molar-refractivity contribution is -0.115. The van der Waals surface area contributed by atoms with Gasteiger partial charge in [-0.2, -0.15) is 4.31 Å². The Morgan fingerprint density at radius 3 is 2.26 bits per heavy atom. The number of thiocarbonyl (C=S) groups is 1. The van der Waals surface area contributed by atoms with Crippen LogP contribution in [0.4, 0.5) is 5.69 Å². The third-order valence-electron chi connectivity index (χ3n) is 4.25. The molecule has 0 aliphatic rings. The number of hydrogen-bond acceptors (Lipinski definition) is 4. The molecule has 0 saturated heterocycles. The Kier molecular flexibility index (Phi) is 9.64. The number of nitrogens with one attached hydrogen (secondary N) is 2. The molecule has 2 aromatic carbocycles. The molecule has 0 unspecified atom stereocenters. The summed E-state index contributed by atoms with van der Waals surface area (Å²) in [4.78, 5) is 12.3. The first kappa shape index (κ1) is 25.0. The van der Waals surface area contributed by atoms with Crippen molar-refractivity contribution in [3.63, 3.8) is 0 Å². The summed E-state index contributed by atoms with van der Waals surface area (Å²) in [5, 5.41) is 6.05. The lowest BCUT2D eigenvalue weighted by atomic mass is 10.2. The van der Waals surface area contributed by atoms with Gasteiger partial charge in [0.2, 0.25) is 15.9 Å². The highest BCUT2D eigenvalue weighted by atomic mass is 35.5. The minimum absolute atomic E-state index is 0.100. The molecule has 0 aromatic heterocycles. The molecule has 0 saturated carbocycles. The van der Waals surface area contributed by atoms with E-state index < -0.39 is 15.9 Å². The molecule has 0 aliphatic heterocycles. The average molecular weight is 480 g/mol. The quantitative estimate of drug-likeness (QED) is 0.403. The fraction of sp³-hybridized carbons (Fsp3) is 0.273. The van der Waals surface area contributed by atoms with Crippen molar-refractivity contribution in [3.05, 3.63) is 65.2 Å². The Hall–Kier alpha value is -2.26. The summed E-state index contributed by atoms with van der Waals surface area (Å²) in [7, 11) is -3.54. The van der Waals surface area contributed by atoms with Crippen LogP contribution in [0.5, 0.6) is 0 Å². The van der Waals surface area contributed by atoms with Gasteiger partial charge in [0.05, 0.1) is 4.90 Å². The Morgan fingerprint density at radius 2 is 1.68 bits per heavy atom. The number of sulfonamides is 1. The van der Waals surface area contributed by atoms with Crippen LogP contribution in [0.15, 0.2) is 59.5 Å². The summed E-state index contributed by atoms with van der Waals surface area (Å²) in [5.74, 6) is -0.411. The van der Waals surface area contributed by atoms with E-state index in [1.807, 2.05) is 19.9 Å². The van der Waals surface area contributed by atoms with E-state index in [1.165, 1.54) is 22.5 Å². The van der Waals surface area contributed by atoms with Crippen LogP contribution in [-0.2, 0) is 14.8 Å². The second kappa shape index (κ2) is 12.0. The maximum Gasteiger partial charge on any atom is 0.250 e. The van der Waals surface area contributed by atoms with E-state index in [0.717, 1.165) is 18.4 Å². The zero-order valence-corrected chi connectivity index (χ0v) is 19.9. The maximum atomic E-state index is 12.8. The molecular formula is C22H26ClN3O3S2. The molecule has 1 amide bonds. The first-order chi connectivity index (χ1) is 14.8. The van der Waals surface area contributed by atoms with Crippen LogP contribution in [0.2, 0.25) is 5.02 Å². The van der Waals surface area contributed by atoms with Crippen molar-refractivity contribution in [1.82, 2.24) is 9.62 Å². The SMILES string of the molecule is CCCN(CCC)S(=O)(=O)c1ccc(NC(=S)NC(=O)C=Cc2ccccc2Cl)cc1. The largest absolute Gasteiger partial charge is 0.332 e. The summed E-state index contributed by atoms with van der Waals surface area (Å²) in [6.07, 6.45) is 4.43. The molecule has 166 valence electrons. The average Bonchev–Trinajstić information content (AvgIpc) is 2.73. The summed E-state index contributed by atoms with van der Waals surface area (Å²) in [6, 6.07) is 13.4. The van der Waals surface area contributed by atoms with Crippen LogP contribution in [0.3, 0.4) is 0 Å². The topological polar surface area (TPSA) is 78.5 Å². The molecule has 2 aromatic rings. The molecule has 31 heavy (non-hydrogen) atoms. The minimum Gasteiger partial charge on any atom is -0.332 e. The van der Waals surface area contributed by atoms with Gasteiger partial charge in [0.1, 0.15) is 0 Å². The van der Waals surface area contributed by atoms with E-state index in [0.29, 0.717) is 23.8 Å². The molecule has 0 heterocycles. The lowest BCUT2D eigenvalue weighted by Gasteiger charge is -2.21. The fourth-order valence-electron chi connectivity index (χ4n) is 2.80. The molecule has 0 aliphatic carbocycles. The van der Waals surface area contributed by atoms with Crippen molar-refractivity contribution in [2.75, 3.05) is 18.4 Å². The third-order valence-corrected chi connectivity index (χ3v) is 6.71. The Bertz CT molecular complexity index is 1030. The number of anilines is 1. The van der Waals surface area contributed by atoms with E-state index in [-0.39, 0.29) is 10.0 Å². The van der Waals surface area contributed by atoms with Crippen LogP contribution in [0, 0.1) is 0 Å². The first-order valence-corrected chi connectivity index (χ1v) is 12.1. The number of rotatable bonds is 9. The molecule has 0 radical (unpaired) electrons. The van der Waals surface area contributed by atoms with Gasteiger partial charge in [-0.05, 0) is 67.0 Å². The van der Waals surface area contributed by atoms with E-state index >= 15 is 0 Å². The molecule has 2 N–H and O–H groups in total. The molecule has 0 bridgehead atoms. The van der Waals surface area contributed by atoms with E-state index in [9.17, 15) is 13.2 Å². The Balaban J connectivity index is 1.98. The smallest absolute Gasteiger partial charge is 0.250 e. The van der Waals surface area contributed by atoms with Gasteiger partial charge in [-0.1, -0.05) is 43.6 Å². The van der Waals surface area contributed by atoms with E-state index in [2.05, 4.69) is 10.6 Å². The second-order valence-electron chi connectivity index (χ2n) is 6.73. The molecule has 6 nitrogen and oxygen atoms in total. The van der Waals surface area contributed by atoms with Gasteiger partial charge in [0.15, 0.2) is 5.11 Å². The minimum atomic E-state index is -3.54. The van der Waals surface area contributed by atoms with Crippen LogP contribution < -0.4 is 10.6 Å². The van der Waals surface area contributed by atoms with Gasteiger partial charge in [-0.15, -0.1) is 0 Å². The highest BCUT2D eigenvalue weighted by Gasteiger charge is 2.22. The van der Waals surface area contributed by atoms with Gasteiger partial charge in [0, 0.05) is 29.9 Å². The number of amides is 1. The Labute approximate surface area is 194 Å². The van der Waals surface area contributed by atoms with Crippen LogP contribution >= 0.6 is 23.8 Å².